The lowest BCUT2D eigenvalue weighted by molar-refractivity contribution is -0.106. The van der Waals surface area contributed by atoms with Crippen molar-refractivity contribution in [3.05, 3.63) is 66.2 Å². The maximum absolute atomic E-state index is 8.58. The van der Waals surface area contributed by atoms with Gasteiger partial charge in [0.1, 0.15) is 0 Å². The van der Waals surface area contributed by atoms with Crippen molar-refractivity contribution < 1.29 is 4.79 Å². The summed E-state index contributed by atoms with van der Waals surface area (Å²) < 4.78 is 0. The molecule has 5 N–H and O–H groups in total. The number of nitrogens with one attached hydrogen (secondary N) is 3. The van der Waals surface area contributed by atoms with E-state index in [1.54, 1.807) is 6.20 Å². The molecule has 1 amide bonds. The molecule has 1 aromatic carbocycles. The van der Waals surface area contributed by atoms with E-state index in [2.05, 4.69) is 31.9 Å². The van der Waals surface area contributed by atoms with Gasteiger partial charge in [-0.15, -0.1) is 0 Å². The van der Waals surface area contributed by atoms with Gasteiger partial charge in [0.15, 0.2) is 5.84 Å². The van der Waals surface area contributed by atoms with E-state index in [0.29, 0.717) is 0 Å². The molecule has 0 fully saturated rings. The number of hydrogen-bond donors (Lipinski definition) is 4. The fraction of sp³-hybridized carbons (Fsp3) is 0.211. The maximum Gasteiger partial charge on any atom is 0.204 e. The quantitative estimate of drug-likeness (QED) is 0.370. The first-order chi connectivity index (χ1) is 12.6. The minimum absolute atomic E-state index is 0.250. The van der Waals surface area contributed by atoms with E-state index in [4.69, 9.17) is 4.79 Å². The van der Waals surface area contributed by atoms with Crippen LogP contribution in [-0.2, 0) is 4.79 Å². The van der Waals surface area contributed by atoms with Gasteiger partial charge in [0.25, 0.3) is 0 Å². The van der Waals surface area contributed by atoms with Crippen molar-refractivity contribution in [1.29, 1.82) is 0 Å². The molecule has 1 aliphatic heterocycles. The van der Waals surface area contributed by atoms with E-state index in [-0.39, 0.29) is 6.41 Å². The molecule has 1 heterocycles. The van der Waals surface area contributed by atoms with E-state index in [1.165, 1.54) is 5.57 Å². The van der Waals surface area contributed by atoms with Crippen LogP contribution in [0.1, 0.15) is 20.8 Å². The number of nitrogens with zero attached hydrogens (tertiary/aromatic N) is 2. The summed E-state index contributed by atoms with van der Waals surface area (Å²) in [6.07, 6.45) is 7.72. The number of primary amides is 1. The Morgan fingerprint density at radius 3 is 2.50 bits per heavy atom. The summed E-state index contributed by atoms with van der Waals surface area (Å²) in [6, 6.07) is 9.95. The Morgan fingerprint density at radius 2 is 1.92 bits per heavy atom. The fourth-order valence-electron chi connectivity index (χ4n) is 1.95. The molecule has 0 spiro atoms. The largest absolute Gasteiger partial charge is 0.372 e. The lowest BCUT2D eigenvalue weighted by Crippen LogP contribution is -2.20. The molecule has 0 radical (unpaired) electrons. The summed E-state index contributed by atoms with van der Waals surface area (Å²) in [4.78, 5) is 17.6. The minimum atomic E-state index is 0.250. The second kappa shape index (κ2) is 12.2. The predicted molar refractivity (Wildman–Crippen MR) is 109 cm³/mol. The summed E-state index contributed by atoms with van der Waals surface area (Å²) in [5.74, 6) is 0.731. The number of amides is 1. The van der Waals surface area contributed by atoms with Gasteiger partial charge in [-0.1, -0.05) is 24.3 Å². The van der Waals surface area contributed by atoms with E-state index in [9.17, 15) is 0 Å². The molecule has 0 aromatic heterocycles. The zero-order valence-corrected chi connectivity index (χ0v) is 15.4. The van der Waals surface area contributed by atoms with Gasteiger partial charge in [-0.2, -0.15) is 0 Å². The molecule has 0 unspecified atom stereocenters. The number of rotatable bonds is 5. The van der Waals surface area contributed by atoms with Crippen LogP contribution in [0.25, 0.3) is 0 Å². The number of hydrogen-bond acceptors (Lipinski definition) is 5. The second-order valence-electron chi connectivity index (χ2n) is 5.28. The standard InChI is InChI=1S/C18H23N5.CH3NO/c1-4-10-19-18(23-17-8-6-5-7-9-17)15(3)20-11-14(2)16-12-21-22-13-16;2-1-3/h4-12,21-22H,13H2,1-3H3,(H,19,23);1H,(H2,2,3)/b10-4-,14-11+,20-15?;. The molecule has 0 saturated heterocycles. The van der Waals surface area contributed by atoms with Gasteiger partial charge in [0, 0.05) is 30.8 Å². The SMILES string of the molecule is C/C=C\N=C(Nc1ccccc1)C(C)=N/C=C(\C)C1=CNNC1.NC=O. The average molecular weight is 354 g/mol. The average Bonchev–Trinajstić information content (AvgIpc) is 3.19. The summed E-state index contributed by atoms with van der Waals surface area (Å²) >= 11 is 0. The number of anilines is 1. The van der Waals surface area contributed by atoms with E-state index in [1.807, 2.05) is 69.6 Å². The zero-order chi connectivity index (χ0) is 19.2. The highest BCUT2D eigenvalue weighted by atomic mass is 16.1. The molecular formula is C19H26N6O. The third kappa shape index (κ3) is 7.59. The number of allylic oxidation sites excluding steroid dienone is 1. The van der Waals surface area contributed by atoms with Gasteiger partial charge in [0.05, 0.1) is 5.71 Å². The Hall–Kier alpha value is -3.19. The molecule has 1 aliphatic rings. The Labute approximate surface area is 154 Å². The number of benzene rings is 1. The summed E-state index contributed by atoms with van der Waals surface area (Å²) in [6.45, 7) is 6.73. The smallest absolute Gasteiger partial charge is 0.204 e. The molecule has 2 rings (SSSR count). The van der Waals surface area contributed by atoms with Crippen LogP contribution in [0.15, 0.2) is 76.1 Å². The lowest BCUT2D eigenvalue weighted by Gasteiger charge is -2.08. The van der Waals surface area contributed by atoms with Crippen molar-refractivity contribution in [2.45, 2.75) is 20.8 Å². The van der Waals surface area contributed by atoms with Crippen LogP contribution >= 0.6 is 0 Å². The molecule has 0 aliphatic carbocycles. The number of hydrazine groups is 1. The van der Waals surface area contributed by atoms with Crippen LogP contribution in [0.2, 0.25) is 0 Å². The predicted octanol–water partition coefficient (Wildman–Crippen LogP) is 2.49. The Bertz CT molecular complexity index is 717. The van der Waals surface area contributed by atoms with E-state index in [0.717, 1.165) is 29.4 Å². The summed E-state index contributed by atoms with van der Waals surface area (Å²) in [5, 5.41) is 3.31. The van der Waals surface area contributed by atoms with Gasteiger partial charge < -0.3 is 16.5 Å². The highest BCUT2D eigenvalue weighted by Gasteiger charge is 2.06. The number of aliphatic imine (C=N–C) groups is 2. The third-order valence-corrected chi connectivity index (χ3v) is 3.32. The van der Waals surface area contributed by atoms with Gasteiger partial charge in [-0.05, 0) is 44.1 Å². The van der Waals surface area contributed by atoms with Crippen molar-refractivity contribution in [2.24, 2.45) is 15.7 Å². The summed E-state index contributed by atoms with van der Waals surface area (Å²) in [5.41, 5.74) is 14.3. The van der Waals surface area contributed by atoms with Gasteiger partial charge in [0.2, 0.25) is 6.41 Å². The monoisotopic (exact) mass is 354 g/mol. The number of carbonyl (C=O) groups excluding carboxylic acids is 1. The third-order valence-electron chi connectivity index (χ3n) is 3.32. The molecule has 7 heteroatoms. The molecule has 26 heavy (non-hydrogen) atoms. The molecule has 0 bridgehead atoms. The van der Waals surface area contributed by atoms with Crippen LogP contribution in [-0.4, -0.2) is 24.5 Å². The van der Waals surface area contributed by atoms with Crippen LogP contribution in [0.4, 0.5) is 5.69 Å². The molecule has 138 valence electrons. The normalized spacial score (nSPS) is 15.0. The van der Waals surface area contributed by atoms with Crippen molar-refractivity contribution in [2.75, 3.05) is 11.9 Å². The van der Waals surface area contributed by atoms with Crippen LogP contribution in [0, 0.1) is 0 Å². The first kappa shape index (κ1) is 20.9. The second-order valence-corrected chi connectivity index (χ2v) is 5.28. The Morgan fingerprint density at radius 1 is 1.23 bits per heavy atom. The van der Waals surface area contributed by atoms with Crippen molar-refractivity contribution in [3.63, 3.8) is 0 Å². The molecular weight excluding hydrogens is 328 g/mol. The highest BCUT2D eigenvalue weighted by Crippen LogP contribution is 2.10. The molecule has 0 saturated carbocycles. The topological polar surface area (TPSA) is 104 Å². The zero-order valence-electron chi connectivity index (χ0n) is 15.4. The first-order valence-corrected chi connectivity index (χ1v) is 8.18. The molecule has 1 aromatic rings. The van der Waals surface area contributed by atoms with Crippen molar-refractivity contribution in [3.8, 4) is 0 Å². The lowest BCUT2D eigenvalue weighted by atomic mass is 10.1. The number of amidine groups is 1. The van der Waals surface area contributed by atoms with E-state index < -0.39 is 0 Å². The molecule has 0 atom stereocenters. The Balaban J connectivity index is 0.00000105. The summed E-state index contributed by atoms with van der Waals surface area (Å²) in [7, 11) is 0. The van der Waals surface area contributed by atoms with Crippen LogP contribution in [0.3, 0.4) is 0 Å². The van der Waals surface area contributed by atoms with Gasteiger partial charge >= 0.3 is 0 Å². The van der Waals surface area contributed by atoms with E-state index >= 15 is 0 Å². The number of carbonyl (C=O) groups is 1. The number of nitrogens with two attached hydrogens (primary N) is 1. The van der Waals surface area contributed by atoms with Crippen LogP contribution < -0.4 is 21.9 Å². The van der Waals surface area contributed by atoms with Gasteiger partial charge in [-0.3, -0.25) is 9.79 Å². The van der Waals surface area contributed by atoms with Crippen molar-refractivity contribution in [1.82, 2.24) is 10.9 Å². The minimum Gasteiger partial charge on any atom is -0.372 e. The fourth-order valence-corrected chi connectivity index (χ4v) is 1.95. The highest BCUT2D eigenvalue weighted by molar-refractivity contribution is 6.45. The first-order valence-electron chi connectivity index (χ1n) is 8.18. The number of para-hydroxylation sites is 1. The maximum atomic E-state index is 8.58. The Kier molecular flexibility index (Phi) is 9.80. The van der Waals surface area contributed by atoms with Crippen LogP contribution in [0.5, 0.6) is 0 Å². The van der Waals surface area contributed by atoms with Gasteiger partial charge in [-0.25, -0.2) is 10.4 Å². The molecule has 7 nitrogen and oxygen atoms in total. The van der Waals surface area contributed by atoms with Crippen molar-refractivity contribution >= 4 is 23.6 Å².